The highest BCUT2D eigenvalue weighted by molar-refractivity contribution is 7.91. The molecule has 0 radical (unpaired) electrons. The maximum absolute atomic E-state index is 12.4. The first kappa shape index (κ1) is 18.3. The summed E-state index contributed by atoms with van der Waals surface area (Å²) in [5.74, 6) is 0. The van der Waals surface area contributed by atoms with Gasteiger partial charge < -0.3 is 5.32 Å². The van der Waals surface area contributed by atoms with Gasteiger partial charge in [0.05, 0.1) is 9.79 Å². The van der Waals surface area contributed by atoms with Gasteiger partial charge in [-0.1, -0.05) is 6.07 Å². The summed E-state index contributed by atoms with van der Waals surface area (Å²) < 4.78 is 50.7. The van der Waals surface area contributed by atoms with Crippen molar-refractivity contribution in [1.29, 1.82) is 0 Å². The number of sulfonamides is 1. The highest BCUT2D eigenvalue weighted by Gasteiger charge is 2.20. The molecule has 1 aromatic rings. The third-order valence-corrected chi connectivity index (χ3v) is 6.52. The molecular formula is C14H23N3O4S2. The van der Waals surface area contributed by atoms with Crippen molar-refractivity contribution in [2.24, 2.45) is 0 Å². The van der Waals surface area contributed by atoms with Crippen LogP contribution in [0.25, 0.3) is 0 Å². The van der Waals surface area contributed by atoms with Crippen LogP contribution in [0.5, 0.6) is 0 Å². The summed E-state index contributed by atoms with van der Waals surface area (Å²) in [4.78, 5) is 2.20. The summed E-state index contributed by atoms with van der Waals surface area (Å²) in [6.45, 7) is 6.17. The molecule has 130 valence electrons. The van der Waals surface area contributed by atoms with E-state index in [-0.39, 0.29) is 9.79 Å². The Bertz CT molecular complexity index is 754. The topological polar surface area (TPSA) is 95.6 Å². The van der Waals surface area contributed by atoms with Gasteiger partial charge in [-0.2, -0.15) is 0 Å². The third kappa shape index (κ3) is 4.98. The average Bonchev–Trinajstić information content (AvgIpc) is 2.47. The van der Waals surface area contributed by atoms with Crippen molar-refractivity contribution < 1.29 is 16.8 Å². The lowest BCUT2D eigenvalue weighted by Gasteiger charge is -2.27. The molecule has 1 fully saturated rings. The number of nitrogens with zero attached hydrogens (tertiary/aromatic N) is 1. The van der Waals surface area contributed by atoms with Crippen molar-refractivity contribution in [2.75, 3.05) is 45.5 Å². The van der Waals surface area contributed by atoms with E-state index in [1.807, 2.05) is 0 Å². The Hall–Kier alpha value is -1.00. The molecular weight excluding hydrogens is 338 g/mol. The molecule has 1 aromatic carbocycles. The Kier molecular flexibility index (Phi) is 5.79. The van der Waals surface area contributed by atoms with E-state index in [9.17, 15) is 16.8 Å². The van der Waals surface area contributed by atoms with Crippen LogP contribution in [0.1, 0.15) is 5.56 Å². The number of rotatable bonds is 6. The van der Waals surface area contributed by atoms with Crippen molar-refractivity contribution in [3.05, 3.63) is 23.8 Å². The van der Waals surface area contributed by atoms with Gasteiger partial charge in [-0.25, -0.2) is 21.6 Å². The molecule has 0 atom stereocenters. The number of hydrogen-bond donors (Lipinski definition) is 2. The lowest BCUT2D eigenvalue weighted by Crippen LogP contribution is -2.46. The fraction of sp³-hybridized carbons (Fsp3) is 0.571. The van der Waals surface area contributed by atoms with E-state index in [1.165, 1.54) is 18.2 Å². The Morgan fingerprint density at radius 1 is 1.17 bits per heavy atom. The van der Waals surface area contributed by atoms with Gasteiger partial charge in [0.2, 0.25) is 10.0 Å². The van der Waals surface area contributed by atoms with E-state index in [0.29, 0.717) is 18.7 Å². The molecule has 1 aliphatic heterocycles. The van der Waals surface area contributed by atoms with Gasteiger partial charge in [-0.3, -0.25) is 4.90 Å². The zero-order valence-corrected chi connectivity index (χ0v) is 15.0. The summed E-state index contributed by atoms with van der Waals surface area (Å²) in [5, 5.41) is 3.24. The van der Waals surface area contributed by atoms with E-state index in [4.69, 9.17) is 0 Å². The molecule has 1 aliphatic rings. The second-order valence-corrected chi connectivity index (χ2v) is 9.44. The molecule has 1 heterocycles. The lowest BCUT2D eigenvalue weighted by atomic mass is 10.2. The van der Waals surface area contributed by atoms with E-state index in [0.717, 1.165) is 32.4 Å². The van der Waals surface area contributed by atoms with Gasteiger partial charge in [0.15, 0.2) is 9.84 Å². The molecule has 0 saturated carbocycles. The number of nitrogens with one attached hydrogen (secondary N) is 2. The summed E-state index contributed by atoms with van der Waals surface area (Å²) >= 11 is 0. The molecule has 2 rings (SSSR count). The summed E-state index contributed by atoms with van der Waals surface area (Å²) in [6, 6.07) is 4.16. The second-order valence-electron chi connectivity index (χ2n) is 5.69. The zero-order valence-electron chi connectivity index (χ0n) is 13.4. The van der Waals surface area contributed by atoms with Crippen LogP contribution in [0.3, 0.4) is 0 Å². The predicted octanol–water partition coefficient (Wildman–Crippen LogP) is -0.418. The van der Waals surface area contributed by atoms with Crippen molar-refractivity contribution in [3.8, 4) is 0 Å². The van der Waals surface area contributed by atoms with Crippen molar-refractivity contribution in [1.82, 2.24) is 14.9 Å². The van der Waals surface area contributed by atoms with E-state index >= 15 is 0 Å². The fourth-order valence-electron chi connectivity index (χ4n) is 2.45. The number of sulfone groups is 1. The van der Waals surface area contributed by atoms with Crippen LogP contribution in [0.4, 0.5) is 0 Å². The zero-order chi connectivity index (χ0) is 17.1. The minimum atomic E-state index is -3.73. The maximum Gasteiger partial charge on any atom is 0.240 e. The van der Waals surface area contributed by atoms with Crippen molar-refractivity contribution >= 4 is 19.9 Å². The second kappa shape index (κ2) is 7.27. The Balaban J connectivity index is 2.09. The molecule has 7 nitrogen and oxygen atoms in total. The van der Waals surface area contributed by atoms with Crippen LogP contribution in [-0.4, -0.2) is 67.3 Å². The Morgan fingerprint density at radius 2 is 1.83 bits per heavy atom. The molecule has 0 spiro atoms. The van der Waals surface area contributed by atoms with Gasteiger partial charge in [0.1, 0.15) is 0 Å². The first-order valence-electron chi connectivity index (χ1n) is 7.43. The SMILES string of the molecule is Cc1ccc(S(C)(=O)=O)cc1S(=O)(=O)NCCN1CCNCC1. The minimum absolute atomic E-state index is 0.00517. The molecule has 0 unspecified atom stereocenters. The first-order valence-corrected chi connectivity index (χ1v) is 10.8. The van der Waals surface area contributed by atoms with Crippen LogP contribution in [0.2, 0.25) is 0 Å². The van der Waals surface area contributed by atoms with Gasteiger partial charge in [0.25, 0.3) is 0 Å². The number of benzene rings is 1. The quantitative estimate of drug-likeness (QED) is 0.715. The summed E-state index contributed by atoms with van der Waals surface area (Å²) in [6.07, 6.45) is 1.06. The van der Waals surface area contributed by atoms with Gasteiger partial charge in [-0.15, -0.1) is 0 Å². The number of aryl methyl sites for hydroxylation is 1. The predicted molar refractivity (Wildman–Crippen MR) is 88.8 cm³/mol. The normalized spacial score (nSPS) is 17.3. The fourth-order valence-corrected chi connectivity index (χ4v) is 4.46. The van der Waals surface area contributed by atoms with Gasteiger partial charge in [0, 0.05) is 45.5 Å². The Labute approximate surface area is 138 Å². The molecule has 0 aromatic heterocycles. The van der Waals surface area contributed by atoms with E-state index in [1.54, 1.807) is 6.92 Å². The standard InChI is InChI=1S/C14H23N3O4S2/c1-12-3-4-13(22(2,18)19)11-14(12)23(20,21)16-7-10-17-8-5-15-6-9-17/h3-4,11,15-16H,5-10H2,1-2H3. The maximum atomic E-state index is 12.4. The first-order chi connectivity index (χ1) is 10.7. The van der Waals surface area contributed by atoms with Crippen molar-refractivity contribution in [2.45, 2.75) is 16.7 Å². The monoisotopic (exact) mass is 361 g/mol. The molecule has 2 N–H and O–H groups in total. The molecule has 0 bridgehead atoms. The Morgan fingerprint density at radius 3 is 2.43 bits per heavy atom. The van der Waals surface area contributed by atoms with Crippen LogP contribution in [-0.2, 0) is 19.9 Å². The molecule has 23 heavy (non-hydrogen) atoms. The van der Waals surface area contributed by atoms with Crippen LogP contribution < -0.4 is 10.0 Å². The molecule has 9 heteroatoms. The minimum Gasteiger partial charge on any atom is -0.314 e. The smallest absolute Gasteiger partial charge is 0.240 e. The molecule has 0 aliphatic carbocycles. The average molecular weight is 361 g/mol. The van der Waals surface area contributed by atoms with Crippen molar-refractivity contribution in [3.63, 3.8) is 0 Å². The molecule has 1 saturated heterocycles. The number of piperazine rings is 1. The van der Waals surface area contributed by atoms with Crippen LogP contribution >= 0.6 is 0 Å². The number of hydrogen-bond acceptors (Lipinski definition) is 6. The summed E-state index contributed by atoms with van der Waals surface area (Å²) in [7, 11) is -7.18. The summed E-state index contributed by atoms with van der Waals surface area (Å²) in [5.41, 5.74) is 0.520. The largest absolute Gasteiger partial charge is 0.314 e. The third-order valence-electron chi connectivity index (χ3n) is 3.81. The van der Waals surface area contributed by atoms with Gasteiger partial charge >= 0.3 is 0 Å². The van der Waals surface area contributed by atoms with E-state index in [2.05, 4.69) is 14.9 Å². The van der Waals surface area contributed by atoms with Crippen LogP contribution in [0, 0.1) is 6.92 Å². The molecule has 0 amide bonds. The van der Waals surface area contributed by atoms with Gasteiger partial charge in [-0.05, 0) is 24.6 Å². The lowest BCUT2D eigenvalue weighted by molar-refractivity contribution is 0.245. The highest BCUT2D eigenvalue weighted by atomic mass is 32.2. The highest BCUT2D eigenvalue weighted by Crippen LogP contribution is 2.19. The van der Waals surface area contributed by atoms with Crippen LogP contribution in [0.15, 0.2) is 28.0 Å². The van der Waals surface area contributed by atoms with E-state index < -0.39 is 19.9 Å².